The van der Waals surface area contributed by atoms with Crippen molar-refractivity contribution in [1.82, 2.24) is 20.2 Å². The first-order valence-electron chi connectivity index (χ1n) is 11.2. The van der Waals surface area contributed by atoms with E-state index < -0.39 is 11.7 Å². The molecule has 3 aromatic rings. The minimum atomic E-state index is -0.724. The molecule has 1 aliphatic heterocycles. The molecule has 1 N–H and O–H groups in total. The number of carbonyl (C=O) groups is 1. The molecule has 1 saturated heterocycles. The molecule has 1 aromatic heterocycles. The number of carbonyl (C=O) groups excluding carboxylic acids is 1. The lowest BCUT2D eigenvalue weighted by Crippen LogP contribution is -2.38. The Morgan fingerprint density at radius 2 is 1.83 bits per heavy atom. The number of nitrogens with one attached hydrogen (secondary N) is 1. The van der Waals surface area contributed by atoms with Crippen LogP contribution in [0.25, 0.3) is 0 Å². The Balaban J connectivity index is 1.54. The van der Waals surface area contributed by atoms with Gasteiger partial charge in [0, 0.05) is 37.1 Å². The van der Waals surface area contributed by atoms with E-state index in [1.165, 1.54) is 12.1 Å². The molecule has 0 aliphatic carbocycles. The number of hydrogen-bond acceptors (Lipinski definition) is 7. The van der Waals surface area contributed by atoms with Crippen LogP contribution in [0.3, 0.4) is 0 Å². The van der Waals surface area contributed by atoms with Gasteiger partial charge in [-0.15, -0.1) is 0 Å². The quantitative estimate of drug-likeness (QED) is 0.563. The van der Waals surface area contributed by atoms with Gasteiger partial charge in [-0.1, -0.05) is 12.1 Å². The van der Waals surface area contributed by atoms with Crippen LogP contribution in [0.15, 0.2) is 54.9 Å². The molecule has 0 radical (unpaired) electrons. The summed E-state index contributed by atoms with van der Waals surface area (Å²) in [6.45, 7) is 3.53. The van der Waals surface area contributed by atoms with Gasteiger partial charge in [0.15, 0.2) is 0 Å². The molecule has 1 amide bonds. The second-order valence-corrected chi connectivity index (χ2v) is 8.13. The molecule has 2 atom stereocenters. The minimum Gasteiger partial charge on any atom is -0.464 e. The predicted molar refractivity (Wildman–Crippen MR) is 125 cm³/mol. The van der Waals surface area contributed by atoms with Crippen LogP contribution in [-0.2, 0) is 0 Å². The van der Waals surface area contributed by atoms with Crippen molar-refractivity contribution in [3.63, 3.8) is 0 Å². The van der Waals surface area contributed by atoms with E-state index >= 15 is 0 Å². The zero-order valence-corrected chi connectivity index (χ0v) is 19.1. The van der Waals surface area contributed by atoms with Crippen LogP contribution in [0.5, 0.6) is 6.01 Å². The van der Waals surface area contributed by atoms with Crippen LogP contribution in [0.1, 0.15) is 52.0 Å². The number of halogens is 1. The van der Waals surface area contributed by atoms with Crippen molar-refractivity contribution in [2.75, 3.05) is 19.7 Å². The fraction of sp³-hybridized carbons (Fsp3) is 0.269. The Morgan fingerprint density at radius 3 is 2.46 bits per heavy atom. The number of aromatic nitrogens is 2. The maximum atomic E-state index is 14.3. The van der Waals surface area contributed by atoms with Crippen LogP contribution in [-0.4, -0.2) is 46.5 Å². The maximum Gasteiger partial charge on any atom is 0.316 e. The molecule has 0 bridgehead atoms. The molecular formula is C26H23FN6O2. The van der Waals surface area contributed by atoms with E-state index in [2.05, 4.69) is 26.3 Å². The van der Waals surface area contributed by atoms with Gasteiger partial charge in [0.2, 0.25) is 0 Å². The van der Waals surface area contributed by atoms with E-state index in [-0.39, 0.29) is 23.2 Å². The Kier molecular flexibility index (Phi) is 7.30. The third-order valence-corrected chi connectivity index (χ3v) is 5.86. The highest BCUT2D eigenvalue weighted by Crippen LogP contribution is 2.32. The number of ether oxygens (including phenoxy) is 1. The molecule has 8 nitrogen and oxygen atoms in total. The van der Waals surface area contributed by atoms with Crippen molar-refractivity contribution in [2.45, 2.75) is 25.4 Å². The summed E-state index contributed by atoms with van der Waals surface area (Å²) < 4.78 is 19.7. The van der Waals surface area contributed by atoms with Gasteiger partial charge in [0.1, 0.15) is 5.82 Å². The zero-order valence-electron chi connectivity index (χ0n) is 19.1. The molecule has 1 aliphatic rings. The normalized spacial score (nSPS) is 16.2. The SMILES string of the molecule is CCOc1ncc(C(c2ccc(C#N)cc2)N2CCC(NC(=O)c3ccc(C#N)cc3F)C2)cn1. The molecular weight excluding hydrogens is 447 g/mol. The number of amides is 1. The van der Waals surface area contributed by atoms with Gasteiger partial charge in [-0.3, -0.25) is 9.69 Å². The van der Waals surface area contributed by atoms with Crippen molar-refractivity contribution in [3.05, 3.63) is 88.5 Å². The largest absolute Gasteiger partial charge is 0.464 e. The van der Waals surface area contributed by atoms with Gasteiger partial charge in [-0.25, -0.2) is 14.4 Å². The number of nitriles is 2. The molecule has 0 saturated carbocycles. The summed E-state index contributed by atoms with van der Waals surface area (Å²) in [5, 5.41) is 21.0. The molecule has 2 aromatic carbocycles. The van der Waals surface area contributed by atoms with Crippen molar-refractivity contribution in [3.8, 4) is 18.1 Å². The average molecular weight is 471 g/mol. The molecule has 4 rings (SSSR count). The summed E-state index contributed by atoms with van der Waals surface area (Å²) in [4.78, 5) is 23.5. The summed E-state index contributed by atoms with van der Waals surface area (Å²) in [7, 11) is 0. The number of rotatable bonds is 7. The van der Waals surface area contributed by atoms with Crippen LogP contribution in [0.2, 0.25) is 0 Å². The minimum absolute atomic E-state index is 0.0917. The molecule has 1 fully saturated rings. The third kappa shape index (κ3) is 5.43. The van der Waals surface area contributed by atoms with E-state index in [4.69, 9.17) is 15.3 Å². The van der Waals surface area contributed by atoms with Crippen molar-refractivity contribution in [1.29, 1.82) is 10.5 Å². The summed E-state index contributed by atoms with van der Waals surface area (Å²) in [5.74, 6) is -1.24. The second-order valence-electron chi connectivity index (χ2n) is 8.13. The van der Waals surface area contributed by atoms with Gasteiger partial charge < -0.3 is 10.1 Å². The van der Waals surface area contributed by atoms with Crippen LogP contribution < -0.4 is 10.1 Å². The van der Waals surface area contributed by atoms with Crippen LogP contribution in [0, 0.1) is 28.5 Å². The highest BCUT2D eigenvalue weighted by atomic mass is 19.1. The first-order valence-corrected chi connectivity index (χ1v) is 11.2. The summed E-state index contributed by atoms with van der Waals surface area (Å²) >= 11 is 0. The summed E-state index contributed by atoms with van der Waals surface area (Å²) in [6, 6.07) is 15.0. The molecule has 9 heteroatoms. The Morgan fingerprint density at radius 1 is 1.14 bits per heavy atom. The van der Waals surface area contributed by atoms with Crippen molar-refractivity contribution >= 4 is 5.91 Å². The lowest BCUT2D eigenvalue weighted by atomic mass is 9.98. The number of likely N-dealkylation sites (tertiary alicyclic amines) is 1. The fourth-order valence-corrected chi connectivity index (χ4v) is 4.20. The maximum absolute atomic E-state index is 14.3. The average Bonchev–Trinajstić information content (AvgIpc) is 3.33. The Bertz CT molecular complexity index is 1280. The summed E-state index contributed by atoms with van der Waals surface area (Å²) in [6.07, 6.45) is 4.12. The fourth-order valence-electron chi connectivity index (χ4n) is 4.20. The molecule has 176 valence electrons. The van der Waals surface area contributed by atoms with Gasteiger partial charge in [0.25, 0.3) is 5.91 Å². The van der Waals surface area contributed by atoms with Crippen LogP contribution in [0.4, 0.5) is 4.39 Å². The standard InChI is InChI=1S/C26H23FN6O2/c1-2-35-26-30-14-20(15-31-26)24(19-6-3-17(12-28)4-7-19)33-10-9-21(16-33)32-25(34)22-8-5-18(13-29)11-23(22)27/h3-8,11,14-15,21,24H,2,9-10,16H2,1H3,(H,32,34). The molecule has 2 heterocycles. The topological polar surface area (TPSA) is 115 Å². The highest BCUT2D eigenvalue weighted by molar-refractivity contribution is 5.94. The first-order chi connectivity index (χ1) is 17.0. The summed E-state index contributed by atoms with van der Waals surface area (Å²) in [5.41, 5.74) is 2.44. The van der Waals surface area contributed by atoms with E-state index in [0.717, 1.165) is 17.2 Å². The highest BCUT2D eigenvalue weighted by Gasteiger charge is 2.32. The second kappa shape index (κ2) is 10.7. The van der Waals surface area contributed by atoms with E-state index in [1.54, 1.807) is 24.5 Å². The monoisotopic (exact) mass is 470 g/mol. The molecule has 35 heavy (non-hydrogen) atoms. The predicted octanol–water partition coefficient (Wildman–Crippen LogP) is 3.35. The van der Waals surface area contributed by atoms with E-state index in [1.807, 2.05) is 25.1 Å². The van der Waals surface area contributed by atoms with Gasteiger partial charge >= 0.3 is 6.01 Å². The Labute approximate surface area is 202 Å². The van der Waals surface area contributed by atoms with Gasteiger partial charge in [-0.2, -0.15) is 10.5 Å². The number of hydrogen-bond donors (Lipinski definition) is 1. The molecule has 2 unspecified atom stereocenters. The number of benzene rings is 2. The lowest BCUT2D eigenvalue weighted by molar-refractivity contribution is 0.0933. The number of nitrogens with zero attached hydrogens (tertiary/aromatic N) is 5. The third-order valence-electron chi connectivity index (χ3n) is 5.86. The van der Waals surface area contributed by atoms with Crippen molar-refractivity contribution < 1.29 is 13.9 Å². The van der Waals surface area contributed by atoms with Crippen molar-refractivity contribution in [2.24, 2.45) is 0 Å². The van der Waals surface area contributed by atoms with E-state index in [9.17, 15) is 9.18 Å². The van der Waals surface area contributed by atoms with Gasteiger partial charge in [0.05, 0.1) is 41.5 Å². The smallest absolute Gasteiger partial charge is 0.316 e. The zero-order chi connectivity index (χ0) is 24.8. The molecule has 0 spiro atoms. The van der Waals surface area contributed by atoms with Gasteiger partial charge in [-0.05, 0) is 49.2 Å². The lowest BCUT2D eigenvalue weighted by Gasteiger charge is -2.28. The van der Waals surface area contributed by atoms with E-state index in [0.29, 0.717) is 37.7 Å². The first kappa shape index (κ1) is 23.8. The van der Waals surface area contributed by atoms with Crippen LogP contribution >= 0.6 is 0 Å². The Hall–Kier alpha value is -4.34.